The van der Waals surface area contributed by atoms with Crippen LogP contribution in [0.15, 0.2) is 23.1 Å². The van der Waals surface area contributed by atoms with Gasteiger partial charge in [-0.25, -0.2) is 8.70 Å². The van der Waals surface area contributed by atoms with Crippen molar-refractivity contribution in [2.24, 2.45) is 0 Å². The van der Waals surface area contributed by atoms with Gasteiger partial charge in [0.05, 0.1) is 18.1 Å². The van der Waals surface area contributed by atoms with Crippen molar-refractivity contribution >= 4 is 24.0 Å². The van der Waals surface area contributed by atoms with Gasteiger partial charge in [0.1, 0.15) is 5.82 Å². The Morgan fingerprint density at radius 1 is 1.24 bits per heavy atom. The monoisotopic (exact) mass is 345 g/mol. The molecule has 10 heteroatoms. The lowest BCUT2D eigenvalue weighted by molar-refractivity contribution is -0.302. The number of benzene rings is 1. The van der Waals surface area contributed by atoms with E-state index in [4.69, 9.17) is 8.92 Å². The van der Waals surface area contributed by atoms with Crippen LogP contribution in [-0.4, -0.2) is 36.0 Å². The molecule has 0 atom stereocenters. The SMILES string of the molecule is FOC(F)(F)SOc1ccc(F)cc1SN1CCOCC1. The summed E-state index contributed by atoms with van der Waals surface area (Å²) in [5.41, 5.74) is -4.13. The van der Waals surface area contributed by atoms with Crippen molar-refractivity contribution in [3.05, 3.63) is 24.0 Å². The van der Waals surface area contributed by atoms with Crippen molar-refractivity contribution in [2.75, 3.05) is 26.3 Å². The summed E-state index contributed by atoms with van der Waals surface area (Å²) in [7, 11) is 0. The summed E-state index contributed by atoms with van der Waals surface area (Å²) in [5.74, 6) is -0.536. The van der Waals surface area contributed by atoms with Crippen LogP contribution in [0.1, 0.15) is 0 Å². The molecule has 0 aromatic heterocycles. The van der Waals surface area contributed by atoms with Gasteiger partial charge in [0.25, 0.3) is 0 Å². The van der Waals surface area contributed by atoms with Gasteiger partial charge >= 0.3 is 5.44 Å². The second-order valence-corrected chi connectivity index (χ2v) is 5.88. The first kappa shape index (κ1) is 16.7. The van der Waals surface area contributed by atoms with Crippen LogP contribution >= 0.6 is 24.0 Å². The molecule has 4 nitrogen and oxygen atoms in total. The van der Waals surface area contributed by atoms with Crippen molar-refractivity contribution in [3.63, 3.8) is 0 Å². The third-order valence-electron chi connectivity index (χ3n) is 2.42. The molecule has 0 saturated carbocycles. The highest BCUT2D eigenvalue weighted by atomic mass is 32.2. The molecule has 2 rings (SSSR count). The largest absolute Gasteiger partial charge is 0.474 e. The molecule has 1 aromatic carbocycles. The van der Waals surface area contributed by atoms with E-state index >= 15 is 0 Å². The summed E-state index contributed by atoms with van der Waals surface area (Å²) in [4.78, 5) is 2.77. The molecule has 0 spiro atoms. The minimum atomic E-state index is -4.13. The highest BCUT2D eigenvalue weighted by molar-refractivity contribution is 7.97. The highest BCUT2D eigenvalue weighted by Crippen LogP contribution is 2.38. The van der Waals surface area contributed by atoms with E-state index in [0.717, 1.165) is 24.1 Å². The number of nitrogens with zero attached hydrogens (tertiary/aromatic N) is 1. The van der Waals surface area contributed by atoms with Crippen molar-refractivity contribution < 1.29 is 31.6 Å². The second kappa shape index (κ2) is 7.54. The summed E-state index contributed by atoms with van der Waals surface area (Å²) in [6, 6.07) is 3.41. The molecular weight excluding hydrogens is 334 g/mol. The average Bonchev–Trinajstić information content (AvgIpc) is 2.47. The summed E-state index contributed by atoms with van der Waals surface area (Å²) in [6.07, 6.45) is 0. The number of halogens is 4. The molecule has 1 heterocycles. The van der Waals surface area contributed by atoms with E-state index in [1.165, 1.54) is 6.07 Å². The van der Waals surface area contributed by atoms with Gasteiger partial charge in [-0.1, -0.05) is 0 Å². The molecular formula is C11H11F4NO3S2. The molecule has 118 valence electrons. The van der Waals surface area contributed by atoms with Gasteiger partial charge < -0.3 is 8.92 Å². The average molecular weight is 345 g/mol. The van der Waals surface area contributed by atoms with Gasteiger partial charge in [0.15, 0.2) is 17.8 Å². The van der Waals surface area contributed by atoms with E-state index < -0.39 is 23.3 Å². The fourth-order valence-corrected chi connectivity index (χ4v) is 2.89. The standard InChI is InChI=1S/C11H11F4NO3S2/c12-8-1-2-9(18-21-11(13,14)19-15)10(7-8)20-16-3-5-17-6-4-16/h1-2,7H,3-6H2. The fraction of sp³-hybridized carbons (Fsp3) is 0.455. The van der Waals surface area contributed by atoms with Crippen molar-refractivity contribution in [1.82, 2.24) is 4.31 Å². The first-order chi connectivity index (χ1) is 10.00. The minimum Gasteiger partial charge on any atom is -0.416 e. The predicted molar refractivity (Wildman–Crippen MR) is 70.0 cm³/mol. The molecule has 0 amide bonds. The van der Waals surface area contributed by atoms with E-state index in [2.05, 4.69) is 4.94 Å². The number of hydrogen-bond acceptors (Lipinski definition) is 6. The van der Waals surface area contributed by atoms with Crippen molar-refractivity contribution in [3.8, 4) is 5.75 Å². The number of morpholine rings is 1. The van der Waals surface area contributed by atoms with Crippen LogP contribution in [0, 0.1) is 5.82 Å². The van der Waals surface area contributed by atoms with E-state index in [1.54, 1.807) is 0 Å². The van der Waals surface area contributed by atoms with Gasteiger partial charge in [-0.2, -0.15) is 8.78 Å². The van der Waals surface area contributed by atoms with Gasteiger partial charge in [-0.3, -0.25) is 0 Å². The molecule has 21 heavy (non-hydrogen) atoms. The van der Waals surface area contributed by atoms with Crippen LogP contribution in [0.25, 0.3) is 0 Å². The Kier molecular flexibility index (Phi) is 5.99. The summed E-state index contributed by atoms with van der Waals surface area (Å²) in [5, 5.41) is 0. The molecule has 0 N–H and O–H groups in total. The summed E-state index contributed by atoms with van der Waals surface area (Å²) in [6.45, 7) is 2.27. The van der Waals surface area contributed by atoms with Crippen LogP contribution in [0.2, 0.25) is 0 Å². The Balaban J connectivity index is 2.05. The maximum atomic E-state index is 13.3. The molecule has 1 saturated heterocycles. The predicted octanol–water partition coefficient (Wildman–Crippen LogP) is 3.64. The number of hydrogen-bond donors (Lipinski definition) is 0. The first-order valence-corrected chi connectivity index (χ1v) is 7.35. The lowest BCUT2D eigenvalue weighted by Gasteiger charge is -2.25. The van der Waals surface area contributed by atoms with E-state index in [1.807, 2.05) is 4.31 Å². The molecule has 1 aliphatic heterocycles. The zero-order valence-electron chi connectivity index (χ0n) is 10.6. The molecule has 0 bridgehead atoms. The summed E-state index contributed by atoms with van der Waals surface area (Å²) < 4.78 is 62.0. The van der Waals surface area contributed by atoms with Crippen molar-refractivity contribution in [2.45, 2.75) is 10.3 Å². The minimum absolute atomic E-state index is 0.00498. The Labute approximate surface area is 127 Å². The zero-order chi connectivity index (χ0) is 15.3. The van der Waals surface area contributed by atoms with E-state index in [0.29, 0.717) is 31.2 Å². The maximum Gasteiger partial charge on any atom is 0.474 e. The molecule has 0 aliphatic carbocycles. The third-order valence-corrected chi connectivity index (χ3v) is 4.08. The quantitative estimate of drug-likeness (QED) is 0.339. The first-order valence-electron chi connectivity index (χ1n) is 5.83. The molecule has 1 fully saturated rings. The molecule has 1 aromatic rings. The van der Waals surface area contributed by atoms with Crippen LogP contribution < -0.4 is 4.18 Å². The molecule has 0 unspecified atom stereocenters. The van der Waals surface area contributed by atoms with Gasteiger partial charge in [-0.15, -0.1) is 4.94 Å². The lowest BCUT2D eigenvalue weighted by atomic mass is 10.3. The van der Waals surface area contributed by atoms with E-state index in [-0.39, 0.29) is 5.75 Å². The highest BCUT2D eigenvalue weighted by Gasteiger charge is 2.36. The topological polar surface area (TPSA) is 30.9 Å². The Bertz CT molecular complexity index is 475. The van der Waals surface area contributed by atoms with Crippen LogP contribution in [0.3, 0.4) is 0 Å². The zero-order valence-corrected chi connectivity index (χ0v) is 12.2. The number of rotatable bonds is 6. The Morgan fingerprint density at radius 3 is 2.62 bits per heavy atom. The number of alkyl halides is 2. The van der Waals surface area contributed by atoms with Crippen LogP contribution in [0.5, 0.6) is 5.75 Å². The maximum absolute atomic E-state index is 13.3. The molecule has 0 radical (unpaired) electrons. The van der Waals surface area contributed by atoms with Crippen LogP contribution in [-0.2, 0) is 9.68 Å². The lowest BCUT2D eigenvalue weighted by Crippen LogP contribution is -2.30. The fourth-order valence-electron chi connectivity index (χ4n) is 1.51. The third kappa shape index (κ3) is 5.22. The normalized spacial score (nSPS) is 17.0. The van der Waals surface area contributed by atoms with Gasteiger partial charge in [0.2, 0.25) is 0 Å². The Hall–Kier alpha value is -0.680. The summed E-state index contributed by atoms with van der Waals surface area (Å²) >= 11 is 0.663. The smallest absolute Gasteiger partial charge is 0.416 e. The van der Waals surface area contributed by atoms with Gasteiger partial charge in [0, 0.05) is 13.1 Å². The van der Waals surface area contributed by atoms with Gasteiger partial charge in [-0.05, 0) is 34.7 Å². The van der Waals surface area contributed by atoms with Crippen LogP contribution in [0.4, 0.5) is 17.7 Å². The van der Waals surface area contributed by atoms with E-state index in [9.17, 15) is 17.7 Å². The van der Waals surface area contributed by atoms with Crippen molar-refractivity contribution in [1.29, 1.82) is 0 Å². The Morgan fingerprint density at radius 2 is 1.95 bits per heavy atom. The second-order valence-electron chi connectivity index (χ2n) is 3.93. The molecule has 1 aliphatic rings. The number of ether oxygens (including phenoxy) is 1.